The van der Waals surface area contributed by atoms with Gasteiger partial charge in [-0.2, -0.15) is 0 Å². The van der Waals surface area contributed by atoms with Gasteiger partial charge in [-0.25, -0.2) is 4.79 Å². The minimum atomic E-state index is -0.347. The van der Waals surface area contributed by atoms with Crippen molar-refractivity contribution in [2.24, 2.45) is 7.05 Å². The van der Waals surface area contributed by atoms with Crippen LogP contribution in [0.3, 0.4) is 0 Å². The van der Waals surface area contributed by atoms with Crippen LogP contribution in [0.15, 0.2) is 52.3 Å². The SMILES string of the molecule is Cc1cc(Cl)cc(-c2ccnc3cc(Cn4c(=O)ccn(C)c4=O)sc23)c1OC1CCN(C2COC2)CC1. The molecule has 0 amide bonds. The molecule has 8 nitrogen and oxygen atoms in total. The molecule has 0 spiro atoms. The van der Waals surface area contributed by atoms with Crippen LogP contribution in [0, 0.1) is 6.92 Å². The first-order valence-corrected chi connectivity index (χ1v) is 14.0. The fraction of sp³-hybridized carbons (Fsp3) is 0.393. The topological polar surface area (TPSA) is 78.6 Å². The van der Waals surface area contributed by atoms with E-state index < -0.39 is 0 Å². The lowest BCUT2D eigenvalue weighted by atomic mass is 10.0. The molecule has 4 aromatic rings. The third-order valence-electron chi connectivity index (χ3n) is 7.44. The van der Waals surface area contributed by atoms with E-state index in [9.17, 15) is 9.59 Å². The molecule has 0 atom stereocenters. The molecule has 6 rings (SSSR count). The quantitative estimate of drug-likeness (QED) is 0.359. The van der Waals surface area contributed by atoms with Crippen LogP contribution >= 0.6 is 22.9 Å². The normalized spacial score (nSPS) is 17.1. The Morgan fingerprint density at radius 2 is 1.92 bits per heavy atom. The monoisotopic (exact) mass is 552 g/mol. The smallest absolute Gasteiger partial charge is 0.331 e. The van der Waals surface area contributed by atoms with Crippen molar-refractivity contribution < 1.29 is 9.47 Å². The van der Waals surface area contributed by atoms with Crippen molar-refractivity contribution in [2.75, 3.05) is 26.3 Å². The van der Waals surface area contributed by atoms with Crippen LogP contribution in [0.2, 0.25) is 5.02 Å². The molecule has 3 aromatic heterocycles. The van der Waals surface area contributed by atoms with Gasteiger partial charge in [0, 0.05) is 59.6 Å². The average Bonchev–Trinajstić information content (AvgIpc) is 3.28. The molecule has 5 heterocycles. The molecular formula is C28H29ClN4O4S. The maximum atomic E-state index is 12.6. The van der Waals surface area contributed by atoms with Crippen molar-refractivity contribution in [1.29, 1.82) is 0 Å². The Balaban J connectivity index is 1.33. The number of piperidine rings is 1. The van der Waals surface area contributed by atoms with Gasteiger partial charge in [-0.15, -0.1) is 11.3 Å². The number of benzene rings is 1. The highest BCUT2D eigenvalue weighted by Gasteiger charge is 2.31. The highest BCUT2D eigenvalue weighted by atomic mass is 35.5. The largest absolute Gasteiger partial charge is 0.489 e. The van der Waals surface area contributed by atoms with Crippen LogP contribution in [0.1, 0.15) is 23.3 Å². The van der Waals surface area contributed by atoms with Gasteiger partial charge in [-0.3, -0.25) is 19.2 Å². The lowest BCUT2D eigenvalue weighted by Crippen LogP contribution is -2.52. The molecule has 0 saturated carbocycles. The molecule has 198 valence electrons. The summed E-state index contributed by atoms with van der Waals surface area (Å²) in [6, 6.07) is 9.77. The molecule has 0 radical (unpaired) electrons. The number of halogens is 1. The first-order valence-electron chi connectivity index (χ1n) is 12.8. The molecule has 1 aromatic carbocycles. The molecule has 0 unspecified atom stereocenters. The van der Waals surface area contributed by atoms with Crippen molar-refractivity contribution in [3.05, 3.63) is 79.0 Å². The summed E-state index contributed by atoms with van der Waals surface area (Å²) >= 11 is 8.07. The predicted molar refractivity (Wildman–Crippen MR) is 150 cm³/mol. The second-order valence-corrected chi connectivity index (χ2v) is 11.6. The first kappa shape index (κ1) is 25.3. The molecular weight excluding hydrogens is 524 g/mol. The number of likely N-dealkylation sites (tertiary alicyclic amines) is 1. The minimum Gasteiger partial charge on any atom is -0.489 e. The lowest BCUT2D eigenvalue weighted by Gasteiger charge is -2.41. The number of thiophene rings is 1. The third-order valence-corrected chi connectivity index (χ3v) is 8.80. The van der Waals surface area contributed by atoms with E-state index in [1.807, 2.05) is 31.2 Å². The van der Waals surface area contributed by atoms with Crippen molar-refractivity contribution >= 4 is 33.2 Å². The Morgan fingerprint density at radius 3 is 2.66 bits per heavy atom. The fourth-order valence-electron chi connectivity index (χ4n) is 5.24. The second kappa shape index (κ2) is 10.3. The number of hydrogen-bond acceptors (Lipinski definition) is 7. The zero-order chi connectivity index (χ0) is 26.4. The van der Waals surface area contributed by atoms with Gasteiger partial charge in [0.1, 0.15) is 11.9 Å². The fourth-order valence-corrected chi connectivity index (χ4v) is 6.64. The average molecular weight is 553 g/mol. The van der Waals surface area contributed by atoms with Crippen LogP contribution in [0.5, 0.6) is 5.75 Å². The Hall–Kier alpha value is -2.98. The van der Waals surface area contributed by atoms with Gasteiger partial charge < -0.3 is 14.0 Å². The summed E-state index contributed by atoms with van der Waals surface area (Å²) < 4.78 is 15.7. The molecule has 10 heteroatoms. The van der Waals surface area contributed by atoms with E-state index in [4.69, 9.17) is 21.1 Å². The van der Waals surface area contributed by atoms with Gasteiger partial charge in [0.05, 0.1) is 36.0 Å². The number of rotatable bonds is 6. The number of ether oxygens (including phenoxy) is 2. The number of hydrogen-bond donors (Lipinski definition) is 0. The summed E-state index contributed by atoms with van der Waals surface area (Å²) in [4.78, 5) is 32.9. The van der Waals surface area contributed by atoms with Gasteiger partial charge in [0.25, 0.3) is 5.56 Å². The van der Waals surface area contributed by atoms with Crippen LogP contribution in [0.4, 0.5) is 0 Å². The van der Waals surface area contributed by atoms with Crippen molar-refractivity contribution in [1.82, 2.24) is 19.0 Å². The maximum Gasteiger partial charge on any atom is 0.331 e. The number of aryl methyl sites for hydroxylation is 2. The van der Waals surface area contributed by atoms with Crippen LogP contribution in [0.25, 0.3) is 21.3 Å². The molecule has 2 aliphatic rings. The zero-order valence-corrected chi connectivity index (χ0v) is 22.9. The Bertz CT molecular complexity index is 1620. The van der Waals surface area contributed by atoms with E-state index in [-0.39, 0.29) is 23.9 Å². The van der Waals surface area contributed by atoms with Crippen LogP contribution < -0.4 is 16.0 Å². The Labute approximate surface area is 229 Å². The summed E-state index contributed by atoms with van der Waals surface area (Å²) in [6.45, 7) is 5.90. The van der Waals surface area contributed by atoms with Gasteiger partial charge in [0.15, 0.2) is 0 Å². The molecule has 2 aliphatic heterocycles. The molecule has 2 fully saturated rings. The molecule has 0 aliphatic carbocycles. The molecule has 38 heavy (non-hydrogen) atoms. The molecule has 2 saturated heterocycles. The summed E-state index contributed by atoms with van der Waals surface area (Å²) in [5, 5.41) is 0.644. The summed E-state index contributed by atoms with van der Waals surface area (Å²) in [5.41, 5.74) is 3.03. The van der Waals surface area contributed by atoms with E-state index in [0.717, 1.165) is 76.7 Å². The van der Waals surface area contributed by atoms with Crippen molar-refractivity contribution in [2.45, 2.75) is 38.5 Å². The number of aromatic nitrogens is 3. The Morgan fingerprint density at radius 1 is 1.13 bits per heavy atom. The first-order chi connectivity index (χ1) is 18.4. The summed E-state index contributed by atoms with van der Waals surface area (Å²) in [5.74, 6) is 0.843. The van der Waals surface area contributed by atoms with Crippen LogP contribution in [-0.4, -0.2) is 57.5 Å². The van der Waals surface area contributed by atoms with E-state index in [1.54, 1.807) is 13.2 Å². The number of fused-ring (bicyclic) bond motifs is 1. The summed E-state index contributed by atoms with van der Waals surface area (Å²) in [7, 11) is 1.64. The van der Waals surface area contributed by atoms with Gasteiger partial charge in [0.2, 0.25) is 0 Å². The number of nitrogens with zero attached hydrogens (tertiary/aromatic N) is 4. The highest BCUT2D eigenvalue weighted by Crippen LogP contribution is 2.42. The third kappa shape index (κ3) is 4.80. The predicted octanol–water partition coefficient (Wildman–Crippen LogP) is 4.08. The zero-order valence-electron chi connectivity index (χ0n) is 21.4. The van der Waals surface area contributed by atoms with Crippen molar-refractivity contribution in [3.8, 4) is 16.9 Å². The van der Waals surface area contributed by atoms with E-state index in [2.05, 4.69) is 9.88 Å². The standard InChI is InChI=1S/C28H29ClN4O4S/c1-17-11-18(29)12-23(26(17)37-20-4-9-32(10-5-20)19-15-36-16-19)22-3-7-30-24-13-21(38-27(22)24)14-33-25(34)6-8-31(2)28(33)35/h3,6-8,11-13,19-20H,4-5,9-10,14-16H2,1-2H3. The molecule has 0 bridgehead atoms. The van der Waals surface area contributed by atoms with Gasteiger partial charge in [-0.1, -0.05) is 11.6 Å². The minimum absolute atomic E-state index is 0.128. The van der Waals surface area contributed by atoms with E-state index in [1.165, 1.54) is 32.7 Å². The summed E-state index contributed by atoms with van der Waals surface area (Å²) in [6.07, 6.45) is 5.33. The maximum absolute atomic E-state index is 12.6. The van der Waals surface area contributed by atoms with Gasteiger partial charge in [-0.05, 0) is 49.6 Å². The van der Waals surface area contributed by atoms with Gasteiger partial charge >= 0.3 is 5.69 Å². The van der Waals surface area contributed by atoms with E-state index >= 15 is 0 Å². The molecule has 0 N–H and O–H groups in total. The lowest BCUT2D eigenvalue weighted by molar-refractivity contribution is -0.0778. The van der Waals surface area contributed by atoms with Crippen molar-refractivity contribution in [3.63, 3.8) is 0 Å². The highest BCUT2D eigenvalue weighted by molar-refractivity contribution is 7.19. The second-order valence-electron chi connectivity index (χ2n) is 10.1. The number of pyridine rings is 1. The van der Waals surface area contributed by atoms with Crippen LogP contribution in [-0.2, 0) is 18.3 Å². The van der Waals surface area contributed by atoms with E-state index in [0.29, 0.717) is 11.1 Å². The Kier molecular flexibility index (Phi) is 6.86.